The van der Waals surface area contributed by atoms with E-state index >= 15 is 0 Å². The number of hydrogen-bond acceptors (Lipinski definition) is 1. The van der Waals surface area contributed by atoms with Crippen LogP contribution in [-0.4, -0.2) is 5.11 Å². The van der Waals surface area contributed by atoms with Gasteiger partial charge in [-0.3, -0.25) is 0 Å². The Kier molecular flexibility index (Phi) is 4.69. The van der Waals surface area contributed by atoms with Gasteiger partial charge < -0.3 is 10.6 Å². The van der Waals surface area contributed by atoms with E-state index in [1.165, 1.54) is 17.7 Å². The minimum absolute atomic E-state index is 0.0872. The average Bonchev–Trinajstić information content (AvgIpc) is 2.39. The van der Waals surface area contributed by atoms with E-state index in [0.29, 0.717) is 10.8 Å². The van der Waals surface area contributed by atoms with Crippen LogP contribution in [0.2, 0.25) is 0 Å². The predicted molar refractivity (Wildman–Crippen MR) is 85.4 cm³/mol. The second kappa shape index (κ2) is 6.48. The summed E-state index contributed by atoms with van der Waals surface area (Å²) in [5, 5.41) is 6.63. The fourth-order valence-corrected chi connectivity index (χ4v) is 2.16. The zero-order valence-corrected chi connectivity index (χ0v) is 12.3. The van der Waals surface area contributed by atoms with Crippen LogP contribution in [0.25, 0.3) is 0 Å². The summed E-state index contributed by atoms with van der Waals surface area (Å²) in [6.07, 6.45) is 0. The molecule has 104 valence electrons. The van der Waals surface area contributed by atoms with Gasteiger partial charge in [-0.25, -0.2) is 4.39 Å². The van der Waals surface area contributed by atoms with Crippen LogP contribution in [-0.2, 0) is 0 Å². The third-order valence-corrected chi connectivity index (χ3v) is 3.23. The quantitative estimate of drug-likeness (QED) is 0.828. The monoisotopic (exact) mass is 288 g/mol. The van der Waals surface area contributed by atoms with Gasteiger partial charge in [0, 0.05) is 5.69 Å². The molecule has 1 atom stereocenters. The van der Waals surface area contributed by atoms with Gasteiger partial charge in [-0.15, -0.1) is 0 Å². The second-order valence-corrected chi connectivity index (χ2v) is 5.15. The first-order chi connectivity index (χ1) is 9.54. The van der Waals surface area contributed by atoms with E-state index in [1.807, 2.05) is 6.92 Å². The fraction of sp³-hybridized carbons (Fsp3) is 0.188. The molecule has 0 aliphatic rings. The van der Waals surface area contributed by atoms with Gasteiger partial charge in [0.25, 0.3) is 0 Å². The Balaban J connectivity index is 1.95. The highest BCUT2D eigenvalue weighted by Crippen LogP contribution is 2.14. The summed E-state index contributed by atoms with van der Waals surface area (Å²) < 4.78 is 13.1. The zero-order chi connectivity index (χ0) is 14.5. The molecule has 0 fully saturated rings. The van der Waals surface area contributed by atoms with E-state index in [-0.39, 0.29) is 11.9 Å². The first-order valence-electron chi connectivity index (χ1n) is 6.44. The van der Waals surface area contributed by atoms with E-state index in [1.54, 1.807) is 12.1 Å². The van der Waals surface area contributed by atoms with Crippen LogP contribution in [0.5, 0.6) is 0 Å². The Morgan fingerprint density at radius 1 is 1.15 bits per heavy atom. The molecule has 0 aliphatic heterocycles. The first kappa shape index (κ1) is 14.5. The third kappa shape index (κ3) is 4.03. The summed E-state index contributed by atoms with van der Waals surface area (Å²) in [7, 11) is 0. The van der Waals surface area contributed by atoms with Crippen LogP contribution in [0.4, 0.5) is 10.1 Å². The maximum atomic E-state index is 13.1. The van der Waals surface area contributed by atoms with Crippen molar-refractivity contribution in [2.75, 3.05) is 5.32 Å². The van der Waals surface area contributed by atoms with Crippen molar-refractivity contribution in [3.05, 3.63) is 65.5 Å². The molecule has 20 heavy (non-hydrogen) atoms. The second-order valence-electron chi connectivity index (χ2n) is 4.74. The van der Waals surface area contributed by atoms with E-state index in [0.717, 1.165) is 5.56 Å². The Labute approximate surface area is 124 Å². The normalized spacial score (nSPS) is 11.8. The van der Waals surface area contributed by atoms with E-state index < -0.39 is 0 Å². The van der Waals surface area contributed by atoms with Gasteiger partial charge in [-0.2, -0.15) is 0 Å². The average molecular weight is 288 g/mol. The first-order valence-corrected chi connectivity index (χ1v) is 6.85. The van der Waals surface area contributed by atoms with Gasteiger partial charge in [0.05, 0.1) is 6.04 Å². The molecule has 0 radical (unpaired) electrons. The van der Waals surface area contributed by atoms with Crippen molar-refractivity contribution in [3.8, 4) is 0 Å². The minimum atomic E-state index is -0.288. The highest BCUT2D eigenvalue weighted by molar-refractivity contribution is 7.80. The number of rotatable bonds is 3. The molecular weight excluding hydrogens is 271 g/mol. The van der Waals surface area contributed by atoms with Crippen LogP contribution >= 0.6 is 12.2 Å². The van der Waals surface area contributed by atoms with Crippen molar-refractivity contribution in [3.63, 3.8) is 0 Å². The number of thiocarbonyl (C=S) groups is 1. The van der Waals surface area contributed by atoms with Crippen molar-refractivity contribution in [1.29, 1.82) is 0 Å². The molecule has 0 aromatic heterocycles. The summed E-state index contributed by atoms with van der Waals surface area (Å²) in [4.78, 5) is 0. The van der Waals surface area contributed by atoms with Crippen molar-refractivity contribution in [1.82, 2.24) is 5.32 Å². The Hall–Kier alpha value is -1.94. The molecule has 0 unspecified atom stereocenters. The van der Waals surface area contributed by atoms with Gasteiger partial charge in [0.2, 0.25) is 0 Å². The van der Waals surface area contributed by atoms with Crippen molar-refractivity contribution in [2.24, 2.45) is 0 Å². The lowest BCUT2D eigenvalue weighted by atomic mass is 10.1. The molecular formula is C16H17FN2S. The minimum Gasteiger partial charge on any atom is -0.356 e. The number of hydrogen-bond donors (Lipinski definition) is 2. The maximum absolute atomic E-state index is 13.1. The van der Waals surface area contributed by atoms with Gasteiger partial charge in [0.15, 0.2) is 5.11 Å². The number of nitrogens with one attached hydrogen (secondary N) is 2. The van der Waals surface area contributed by atoms with Crippen LogP contribution in [0.1, 0.15) is 24.1 Å². The topological polar surface area (TPSA) is 24.1 Å². The molecule has 0 heterocycles. The molecule has 4 heteroatoms. The molecule has 2 nitrogen and oxygen atoms in total. The number of aryl methyl sites for hydroxylation is 1. The number of anilines is 1. The molecule has 2 rings (SSSR count). The fourth-order valence-electron chi connectivity index (χ4n) is 1.87. The van der Waals surface area contributed by atoms with Gasteiger partial charge in [0.1, 0.15) is 5.82 Å². The zero-order valence-electron chi connectivity index (χ0n) is 11.5. The molecule has 0 bridgehead atoms. The molecule has 2 N–H and O–H groups in total. The summed E-state index contributed by atoms with van der Waals surface area (Å²) >= 11 is 5.24. The van der Waals surface area contributed by atoms with Crippen molar-refractivity contribution in [2.45, 2.75) is 19.9 Å². The molecule has 2 aromatic carbocycles. The molecule has 0 aliphatic carbocycles. The largest absolute Gasteiger partial charge is 0.356 e. The van der Waals surface area contributed by atoms with Crippen LogP contribution in [0.3, 0.4) is 0 Å². The standard InChI is InChI=1S/C16H17FN2S/c1-11-6-8-13(9-7-11)12(2)18-16(20)19-15-5-3-4-14(17)10-15/h3-10,12H,1-2H3,(H2,18,19,20)/t12-/m0/s1. The highest BCUT2D eigenvalue weighted by atomic mass is 32.1. The molecule has 0 amide bonds. The Bertz CT molecular complexity index is 596. The van der Waals surface area contributed by atoms with Gasteiger partial charge in [-0.1, -0.05) is 35.9 Å². The molecule has 2 aromatic rings. The van der Waals surface area contributed by atoms with Crippen LogP contribution < -0.4 is 10.6 Å². The maximum Gasteiger partial charge on any atom is 0.171 e. The van der Waals surface area contributed by atoms with E-state index in [2.05, 4.69) is 41.8 Å². The molecule has 0 saturated heterocycles. The summed E-state index contributed by atoms with van der Waals surface area (Å²) in [5.41, 5.74) is 3.01. The van der Waals surface area contributed by atoms with E-state index in [4.69, 9.17) is 12.2 Å². The lowest BCUT2D eigenvalue weighted by molar-refractivity contribution is 0.628. The van der Waals surface area contributed by atoms with Gasteiger partial charge >= 0.3 is 0 Å². The smallest absolute Gasteiger partial charge is 0.171 e. The third-order valence-electron chi connectivity index (χ3n) is 3.01. The van der Waals surface area contributed by atoms with Gasteiger partial charge in [-0.05, 0) is 49.8 Å². The highest BCUT2D eigenvalue weighted by Gasteiger charge is 2.07. The van der Waals surface area contributed by atoms with Crippen molar-refractivity contribution >= 4 is 23.0 Å². The number of halogens is 1. The van der Waals surface area contributed by atoms with E-state index in [9.17, 15) is 4.39 Å². The summed E-state index contributed by atoms with van der Waals surface area (Å²) in [5.74, 6) is -0.288. The summed E-state index contributed by atoms with van der Waals surface area (Å²) in [6, 6.07) is 14.6. The predicted octanol–water partition coefficient (Wildman–Crippen LogP) is 4.18. The lowest BCUT2D eigenvalue weighted by Crippen LogP contribution is -2.30. The number of benzene rings is 2. The van der Waals surface area contributed by atoms with Crippen molar-refractivity contribution < 1.29 is 4.39 Å². The van der Waals surface area contributed by atoms with Crippen LogP contribution in [0.15, 0.2) is 48.5 Å². The lowest BCUT2D eigenvalue weighted by Gasteiger charge is -2.17. The molecule has 0 saturated carbocycles. The Morgan fingerprint density at radius 2 is 1.85 bits per heavy atom. The molecule has 0 spiro atoms. The summed E-state index contributed by atoms with van der Waals surface area (Å²) in [6.45, 7) is 4.09. The van der Waals surface area contributed by atoms with Crippen LogP contribution in [0, 0.1) is 12.7 Å². The SMILES string of the molecule is Cc1ccc([C@H](C)NC(=S)Nc2cccc(F)c2)cc1. The Morgan fingerprint density at radius 3 is 2.50 bits per heavy atom.